The molecule has 0 saturated heterocycles. The third-order valence-electron chi connectivity index (χ3n) is 3.42. The fourth-order valence-electron chi connectivity index (χ4n) is 2.60. The molecule has 2 nitrogen and oxygen atoms in total. The zero-order valence-electron chi connectivity index (χ0n) is 8.41. The summed E-state index contributed by atoms with van der Waals surface area (Å²) in [7, 11) is 0. The minimum Gasteiger partial charge on any atom is -0.395 e. The minimum atomic E-state index is 0.340. The van der Waals surface area contributed by atoms with E-state index >= 15 is 0 Å². The second-order valence-electron chi connectivity index (χ2n) is 4.48. The molecule has 0 heterocycles. The average Bonchev–Trinajstić information content (AvgIpc) is 2.99. The van der Waals surface area contributed by atoms with Crippen molar-refractivity contribution in [3.8, 4) is 0 Å². The van der Waals surface area contributed by atoms with Crippen LogP contribution in [0.5, 0.6) is 0 Å². The van der Waals surface area contributed by atoms with E-state index in [0.717, 1.165) is 18.6 Å². The van der Waals surface area contributed by atoms with Crippen LogP contribution in [0, 0.1) is 0 Å². The number of hydrogen-bond acceptors (Lipinski definition) is 2. The van der Waals surface area contributed by atoms with Crippen molar-refractivity contribution in [2.24, 2.45) is 0 Å². The molecule has 0 aliphatic heterocycles. The Morgan fingerprint density at radius 1 is 0.923 bits per heavy atom. The van der Waals surface area contributed by atoms with Crippen molar-refractivity contribution in [3.63, 3.8) is 0 Å². The van der Waals surface area contributed by atoms with Crippen LogP contribution < -0.4 is 0 Å². The van der Waals surface area contributed by atoms with Crippen molar-refractivity contribution in [1.82, 2.24) is 4.90 Å². The molecule has 13 heavy (non-hydrogen) atoms. The smallest absolute Gasteiger partial charge is 0.0558 e. The highest BCUT2D eigenvalue weighted by molar-refractivity contribution is 4.89. The van der Waals surface area contributed by atoms with Gasteiger partial charge in [-0.3, -0.25) is 4.90 Å². The summed E-state index contributed by atoms with van der Waals surface area (Å²) in [4.78, 5) is 2.57. The number of nitrogens with zero attached hydrogens (tertiary/aromatic N) is 1. The van der Waals surface area contributed by atoms with E-state index in [1.807, 2.05) is 0 Å². The summed E-state index contributed by atoms with van der Waals surface area (Å²) in [6, 6.07) is 1.63. The normalized spacial score (nSPS) is 25.4. The van der Waals surface area contributed by atoms with Gasteiger partial charge in [-0.2, -0.15) is 0 Å². The summed E-state index contributed by atoms with van der Waals surface area (Å²) < 4.78 is 0. The maximum atomic E-state index is 9.00. The van der Waals surface area contributed by atoms with E-state index in [9.17, 15) is 0 Å². The molecule has 2 aliphatic rings. The maximum Gasteiger partial charge on any atom is 0.0558 e. The highest BCUT2D eigenvalue weighted by atomic mass is 16.3. The first-order valence-electron chi connectivity index (χ1n) is 5.78. The van der Waals surface area contributed by atoms with Gasteiger partial charge in [0.15, 0.2) is 0 Å². The molecule has 0 spiro atoms. The summed E-state index contributed by atoms with van der Waals surface area (Å²) in [6.07, 6.45) is 9.72. The van der Waals surface area contributed by atoms with Gasteiger partial charge in [0.05, 0.1) is 6.61 Å². The first kappa shape index (κ1) is 9.47. The lowest BCUT2D eigenvalue weighted by atomic mass is 9.94. The quantitative estimate of drug-likeness (QED) is 0.718. The van der Waals surface area contributed by atoms with Gasteiger partial charge in [-0.15, -0.1) is 0 Å². The van der Waals surface area contributed by atoms with E-state index < -0.39 is 0 Å². The van der Waals surface area contributed by atoms with Crippen molar-refractivity contribution in [2.75, 3.05) is 13.2 Å². The first-order chi connectivity index (χ1) is 6.42. The van der Waals surface area contributed by atoms with E-state index in [-0.39, 0.29) is 0 Å². The summed E-state index contributed by atoms with van der Waals surface area (Å²) in [5.74, 6) is 0. The fraction of sp³-hybridized carbons (Fsp3) is 1.00. The molecule has 2 heteroatoms. The lowest BCUT2D eigenvalue weighted by Gasteiger charge is -2.34. The average molecular weight is 183 g/mol. The predicted molar refractivity (Wildman–Crippen MR) is 53.7 cm³/mol. The highest BCUT2D eigenvalue weighted by Gasteiger charge is 2.33. The van der Waals surface area contributed by atoms with Crippen LogP contribution >= 0.6 is 0 Å². The van der Waals surface area contributed by atoms with Crippen LogP contribution in [0.15, 0.2) is 0 Å². The van der Waals surface area contributed by atoms with Crippen molar-refractivity contribution >= 4 is 0 Å². The predicted octanol–water partition coefficient (Wildman–Crippen LogP) is 1.78. The SMILES string of the molecule is OCCN(C1CCCCC1)C1CC1. The van der Waals surface area contributed by atoms with Crippen molar-refractivity contribution < 1.29 is 5.11 Å². The molecule has 0 aromatic carbocycles. The molecule has 0 radical (unpaired) electrons. The molecule has 0 unspecified atom stereocenters. The van der Waals surface area contributed by atoms with Crippen LogP contribution in [0.3, 0.4) is 0 Å². The van der Waals surface area contributed by atoms with Crippen molar-refractivity contribution in [1.29, 1.82) is 0 Å². The molecule has 76 valence electrons. The highest BCUT2D eigenvalue weighted by Crippen LogP contribution is 2.33. The van der Waals surface area contributed by atoms with Crippen LogP contribution in [0.1, 0.15) is 44.9 Å². The van der Waals surface area contributed by atoms with Gasteiger partial charge in [-0.25, -0.2) is 0 Å². The van der Waals surface area contributed by atoms with Gasteiger partial charge in [0, 0.05) is 18.6 Å². The topological polar surface area (TPSA) is 23.5 Å². The third-order valence-corrected chi connectivity index (χ3v) is 3.42. The van der Waals surface area contributed by atoms with E-state index in [2.05, 4.69) is 4.90 Å². The number of aliphatic hydroxyl groups excluding tert-OH is 1. The largest absolute Gasteiger partial charge is 0.395 e. The summed E-state index contributed by atoms with van der Waals surface area (Å²) in [6.45, 7) is 1.25. The fourth-order valence-corrected chi connectivity index (χ4v) is 2.60. The van der Waals surface area contributed by atoms with Gasteiger partial charge < -0.3 is 5.11 Å². The van der Waals surface area contributed by atoms with Crippen LogP contribution in [-0.4, -0.2) is 35.2 Å². The van der Waals surface area contributed by atoms with Crippen molar-refractivity contribution in [2.45, 2.75) is 57.0 Å². The van der Waals surface area contributed by atoms with Crippen LogP contribution in [-0.2, 0) is 0 Å². The van der Waals surface area contributed by atoms with Gasteiger partial charge >= 0.3 is 0 Å². The lowest BCUT2D eigenvalue weighted by Crippen LogP contribution is -2.40. The van der Waals surface area contributed by atoms with E-state index in [4.69, 9.17) is 5.11 Å². The Morgan fingerprint density at radius 3 is 2.08 bits per heavy atom. The first-order valence-corrected chi connectivity index (χ1v) is 5.78. The molecule has 0 aromatic heterocycles. The summed E-state index contributed by atoms with van der Waals surface area (Å²) in [5.41, 5.74) is 0. The number of rotatable bonds is 4. The standard InChI is InChI=1S/C11H21NO/c13-9-8-12(11-6-7-11)10-4-2-1-3-5-10/h10-11,13H,1-9H2. The summed E-state index contributed by atoms with van der Waals surface area (Å²) >= 11 is 0. The Bertz CT molecular complexity index is 150. The van der Waals surface area contributed by atoms with Crippen molar-refractivity contribution in [3.05, 3.63) is 0 Å². The molecule has 2 fully saturated rings. The zero-order valence-corrected chi connectivity index (χ0v) is 8.41. The molecular formula is C11H21NO. The Balaban J connectivity index is 1.84. The van der Waals surface area contributed by atoms with Gasteiger partial charge in [0.2, 0.25) is 0 Å². The monoisotopic (exact) mass is 183 g/mol. The van der Waals surface area contributed by atoms with Gasteiger partial charge in [-0.1, -0.05) is 19.3 Å². The Morgan fingerprint density at radius 2 is 1.54 bits per heavy atom. The van der Waals surface area contributed by atoms with Gasteiger partial charge in [-0.05, 0) is 25.7 Å². The molecule has 0 atom stereocenters. The molecule has 2 aliphatic carbocycles. The van der Waals surface area contributed by atoms with E-state index in [0.29, 0.717) is 6.61 Å². The van der Waals surface area contributed by atoms with Crippen LogP contribution in [0.2, 0.25) is 0 Å². The van der Waals surface area contributed by atoms with Gasteiger partial charge in [0.25, 0.3) is 0 Å². The lowest BCUT2D eigenvalue weighted by molar-refractivity contribution is 0.116. The van der Waals surface area contributed by atoms with E-state index in [1.54, 1.807) is 0 Å². The number of aliphatic hydroxyl groups is 1. The molecule has 2 saturated carbocycles. The molecule has 0 aromatic rings. The molecule has 0 amide bonds. The third kappa shape index (κ3) is 2.44. The van der Waals surface area contributed by atoms with E-state index in [1.165, 1.54) is 44.9 Å². The zero-order chi connectivity index (χ0) is 9.10. The molecule has 0 bridgehead atoms. The Hall–Kier alpha value is -0.0800. The van der Waals surface area contributed by atoms with Crippen LogP contribution in [0.4, 0.5) is 0 Å². The second-order valence-corrected chi connectivity index (χ2v) is 4.48. The maximum absolute atomic E-state index is 9.00. The second kappa shape index (κ2) is 4.43. The number of hydrogen-bond donors (Lipinski definition) is 1. The van der Waals surface area contributed by atoms with Gasteiger partial charge in [0.1, 0.15) is 0 Å². The molecule has 2 rings (SSSR count). The van der Waals surface area contributed by atoms with Crippen LogP contribution in [0.25, 0.3) is 0 Å². The Kier molecular flexibility index (Phi) is 3.23. The molecular weight excluding hydrogens is 162 g/mol. The molecule has 1 N–H and O–H groups in total. The minimum absolute atomic E-state index is 0.340. The Labute approximate surface area is 80.9 Å². The summed E-state index contributed by atoms with van der Waals surface area (Å²) in [5, 5.41) is 9.00.